The molecular weight excluding hydrogens is 322 g/mol. The highest BCUT2D eigenvalue weighted by Crippen LogP contribution is 2.21. The van der Waals surface area contributed by atoms with Crippen LogP contribution in [0.1, 0.15) is 52.0 Å². The molecule has 4 nitrogen and oxygen atoms in total. The number of ether oxygens (including phenoxy) is 1. The van der Waals surface area contributed by atoms with Crippen LogP contribution in [0.5, 0.6) is 0 Å². The number of carbonyl (C=O) groups is 2. The van der Waals surface area contributed by atoms with E-state index in [1.807, 2.05) is 58.0 Å². The maximum Gasteiger partial charge on any atom is 0.308 e. The first-order chi connectivity index (χ1) is 11.3. The van der Waals surface area contributed by atoms with E-state index in [2.05, 4.69) is 5.32 Å². The van der Waals surface area contributed by atoms with Crippen molar-refractivity contribution < 1.29 is 14.3 Å². The molecule has 128 valence electrons. The van der Waals surface area contributed by atoms with E-state index in [1.165, 1.54) is 11.3 Å². The third-order valence-electron chi connectivity index (χ3n) is 3.49. The Hall–Kier alpha value is -2.14. The Morgan fingerprint density at radius 3 is 2.29 bits per heavy atom. The minimum atomic E-state index is -0.410. The van der Waals surface area contributed by atoms with Gasteiger partial charge in [0.2, 0.25) is 0 Å². The maximum atomic E-state index is 12.5. The third-order valence-corrected chi connectivity index (χ3v) is 4.49. The fourth-order valence-corrected chi connectivity index (χ4v) is 3.09. The average Bonchev–Trinajstić information content (AvgIpc) is 2.93. The standard InChI is InChI=1S/C19H23NO3S/c1-12(2)23-18(21)11-16(15-8-5-13(3)6-9-15)20-19(22)17-10-7-14(4)24-17/h5-10,12,16H,11H2,1-4H3,(H,20,22). The van der Waals surface area contributed by atoms with Crippen LogP contribution in [0.2, 0.25) is 0 Å². The van der Waals surface area contributed by atoms with Crippen LogP contribution in [-0.4, -0.2) is 18.0 Å². The number of rotatable bonds is 6. The molecule has 0 bridgehead atoms. The lowest BCUT2D eigenvalue weighted by atomic mass is 10.0. The van der Waals surface area contributed by atoms with Gasteiger partial charge in [0.15, 0.2) is 0 Å². The van der Waals surface area contributed by atoms with Crippen LogP contribution in [0.4, 0.5) is 0 Å². The van der Waals surface area contributed by atoms with E-state index >= 15 is 0 Å². The van der Waals surface area contributed by atoms with Crippen LogP contribution in [0.15, 0.2) is 36.4 Å². The molecule has 0 aliphatic heterocycles. The number of hydrogen-bond donors (Lipinski definition) is 1. The monoisotopic (exact) mass is 345 g/mol. The minimum Gasteiger partial charge on any atom is -0.463 e. The maximum absolute atomic E-state index is 12.5. The predicted octanol–water partition coefficient (Wildman–Crippen LogP) is 4.18. The number of aryl methyl sites for hydroxylation is 2. The molecule has 24 heavy (non-hydrogen) atoms. The summed E-state index contributed by atoms with van der Waals surface area (Å²) in [6.07, 6.45) is -0.0658. The van der Waals surface area contributed by atoms with Crippen molar-refractivity contribution >= 4 is 23.2 Å². The van der Waals surface area contributed by atoms with E-state index in [4.69, 9.17) is 4.74 Å². The average molecular weight is 345 g/mol. The molecule has 2 rings (SSSR count). The molecule has 1 heterocycles. The molecule has 0 aliphatic carbocycles. The lowest BCUT2D eigenvalue weighted by Gasteiger charge is -2.19. The Labute approximate surface area is 146 Å². The molecule has 1 N–H and O–H groups in total. The smallest absolute Gasteiger partial charge is 0.308 e. The molecule has 0 radical (unpaired) electrons. The highest BCUT2D eigenvalue weighted by atomic mass is 32.1. The molecule has 1 amide bonds. The molecule has 2 aromatic rings. The number of amides is 1. The largest absolute Gasteiger partial charge is 0.463 e. The van der Waals surface area contributed by atoms with E-state index in [9.17, 15) is 9.59 Å². The fourth-order valence-electron chi connectivity index (χ4n) is 2.31. The molecule has 0 spiro atoms. The molecule has 1 aromatic heterocycles. The topological polar surface area (TPSA) is 55.4 Å². The van der Waals surface area contributed by atoms with Gasteiger partial charge in [-0.25, -0.2) is 0 Å². The lowest BCUT2D eigenvalue weighted by molar-refractivity contribution is -0.147. The summed E-state index contributed by atoms with van der Waals surface area (Å²) in [6, 6.07) is 11.1. The second-order valence-electron chi connectivity index (χ2n) is 6.09. The van der Waals surface area contributed by atoms with Gasteiger partial charge in [-0.1, -0.05) is 29.8 Å². The van der Waals surface area contributed by atoms with Gasteiger partial charge in [0.1, 0.15) is 0 Å². The molecule has 0 saturated carbocycles. The SMILES string of the molecule is Cc1ccc(C(CC(=O)OC(C)C)NC(=O)c2ccc(C)s2)cc1. The van der Waals surface area contributed by atoms with Crippen LogP contribution in [0.3, 0.4) is 0 Å². The van der Waals surface area contributed by atoms with Crippen LogP contribution >= 0.6 is 11.3 Å². The molecule has 0 aliphatic rings. The first-order valence-electron chi connectivity index (χ1n) is 7.98. The van der Waals surface area contributed by atoms with Gasteiger partial charge in [0.05, 0.1) is 23.4 Å². The van der Waals surface area contributed by atoms with Crippen LogP contribution in [0.25, 0.3) is 0 Å². The summed E-state index contributed by atoms with van der Waals surface area (Å²) < 4.78 is 5.23. The molecule has 1 atom stereocenters. The van der Waals surface area contributed by atoms with Gasteiger partial charge in [-0.3, -0.25) is 9.59 Å². The summed E-state index contributed by atoms with van der Waals surface area (Å²) in [5.74, 6) is -0.491. The second kappa shape index (κ2) is 8.11. The summed E-state index contributed by atoms with van der Waals surface area (Å²) in [5.41, 5.74) is 2.02. The number of nitrogens with one attached hydrogen (secondary N) is 1. The fraction of sp³-hybridized carbons (Fsp3) is 0.368. The van der Waals surface area contributed by atoms with Gasteiger partial charge in [0.25, 0.3) is 5.91 Å². The van der Waals surface area contributed by atoms with Gasteiger partial charge < -0.3 is 10.1 Å². The molecule has 1 unspecified atom stereocenters. The van der Waals surface area contributed by atoms with E-state index in [0.717, 1.165) is 16.0 Å². The summed E-state index contributed by atoms with van der Waals surface area (Å²) >= 11 is 1.44. The van der Waals surface area contributed by atoms with Crippen molar-refractivity contribution in [3.63, 3.8) is 0 Å². The van der Waals surface area contributed by atoms with Crippen LogP contribution in [0, 0.1) is 13.8 Å². The summed E-state index contributed by atoms with van der Waals surface area (Å²) in [5, 5.41) is 2.96. The summed E-state index contributed by atoms with van der Waals surface area (Å²) in [6.45, 7) is 7.58. The Morgan fingerprint density at radius 1 is 1.08 bits per heavy atom. The number of esters is 1. The van der Waals surface area contributed by atoms with E-state index in [-0.39, 0.29) is 24.4 Å². The second-order valence-corrected chi connectivity index (χ2v) is 7.38. The normalized spacial score (nSPS) is 12.0. The first-order valence-corrected chi connectivity index (χ1v) is 8.80. The highest BCUT2D eigenvalue weighted by molar-refractivity contribution is 7.13. The van der Waals surface area contributed by atoms with Gasteiger partial charge in [-0.15, -0.1) is 11.3 Å². The zero-order valence-electron chi connectivity index (χ0n) is 14.5. The van der Waals surface area contributed by atoms with Crippen molar-refractivity contribution in [3.05, 3.63) is 57.3 Å². The van der Waals surface area contributed by atoms with Crippen LogP contribution < -0.4 is 5.32 Å². The third kappa shape index (κ3) is 5.20. The molecular formula is C19H23NO3S. The zero-order chi connectivity index (χ0) is 17.7. The minimum absolute atomic E-state index is 0.108. The first kappa shape index (κ1) is 18.2. The number of carbonyl (C=O) groups excluding carboxylic acids is 2. The van der Waals surface area contributed by atoms with Gasteiger partial charge in [-0.2, -0.15) is 0 Å². The summed E-state index contributed by atoms with van der Waals surface area (Å²) in [4.78, 5) is 26.2. The molecule has 1 aromatic carbocycles. The Bertz CT molecular complexity index is 704. The zero-order valence-corrected chi connectivity index (χ0v) is 15.3. The van der Waals surface area contributed by atoms with Crippen molar-refractivity contribution in [1.29, 1.82) is 0 Å². The van der Waals surface area contributed by atoms with E-state index in [0.29, 0.717) is 4.88 Å². The van der Waals surface area contributed by atoms with Crippen molar-refractivity contribution in [2.24, 2.45) is 0 Å². The quantitative estimate of drug-likeness (QED) is 0.799. The number of hydrogen-bond acceptors (Lipinski definition) is 4. The van der Waals surface area contributed by atoms with Crippen molar-refractivity contribution in [3.8, 4) is 0 Å². The van der Waals surface area contributed by atoms with Crippen LogP contribution in [-0.2, 0) is 9.53 Å². The van der Waals surface area contributed by atoms with Crippen molar-refractivity contribution in [2.75, 3.05) is 0 Å². The molecule has 5 heteroatoms. The Morgan fingerprint density at radius 2 is 1.75 bits per heavy atom. The highest BCUT2D eigenvalue weighted by Gasteiger charge is 2.21. The van der Waals surface area contributed by atoms with Crippen molar-refractivity contribution in [1.82, 2.24) is 5.32 Å². The van der Waals surface area contributed by atoms with Crippen molar-refractivity contribution in [2.45, 2.75) is 46.3 Å². The number of benzene rings is 1. The van der Waals surface area contributed by atoms with Gasteiger partial charge in [-0.05, 0) is 45.4 Å². The molecule has 0 saturated heterocycles. The van der Waals surface area contributed by atoms with Gasteiger partial charge >= 0.3 is 5.97 Å². The predicted molar refractivity (Wildman–Crippen MR) is 96.3 cm³/mol. The van der Waals surface area contributed by atoms with E-state index in [1.54, 1.807) is 6.07 Å². The molecule has 0 fully saturated rings. The lowest BCUT2D eigenvalue weighted by Crippen LogP contribution is -2.30. The Balaban J connectivity index is 2.17. The number of thiophene rings is 1. The Kier molecular flexibility index (Phi) is 6.15. The van der Waals surface area contributed by atoms with Gasteiger partial charge in [0, 0.05) is 4.88 Å². The van der Waals surface area contributed by atoms with E-state index < -0.39 is 6.04 Å². The summed E-state index contributed by atoms with van der Waals surface area (Å²) in [7, 11) is 0.